The van der Waals surface area contributed by atoms with Gasteiger partial charge in [-0.05, 0) is 0 Å². The first-order valence-corrected chi connectivity index (χ1v) is 2.99. The average molecular weight is 195 g/mol. The predicted octanol–water partition coefficient (Wildman–Crippen LogP) is 1.73. The molecular formula is C5H7F6N. The van der Waals surface area contributed by atoms with E-state index in [1.165, 1.54) is 0 Å². The van der Waals surface area contributed by atoms with E-state index in [4.69, 9.17) is 0 Å². The number of halogens is 6. The quantitative estimate of drug-likeness (QED) is 0.682. The van der Waals surface area contributed by atoms with Crippen LogP contribution in [0.2, 0.25) is 0 Å². The minimum absolute atomic E-state index is 1.03. The van der Waals surface area contributed by atoms with Gasteiger partial charge < -0.3 is 5.73 Å². The van der Waals surface area contributed by atoms with E-state index in [0.29, 0.717) is 0 Å². The van der Waals surface area contributed by atoms with Gasteiger partial charge in [0.25, 0.3) is 0 Å². The van der Waals surface area contributed by atoms with Gasteiger partial charge in [0.2, 0.25) is 12.6 Å². The standard InChI is InChI=1S/C5H7F6N/c6-3(5(9,10)11)2(1-12)4(7)8/h2-4H,1,12H2. The Morgan fingerprint density at radius 3 is 1.58 bits per heavy atom. The lowest BCUT2D eigenvalue weighted by Gasteiger charge is -2.20. The summed E-state index contributed by atoms with van der Waals surface area (Å²) in [5.74, 6) is -2.47. The van der Waals surface area contributed by atoms with Crippen LogP contribution in [0.15, 0.2) is 0 Å². The first-order chi connectivity index (χ1) is 5.30. The fourth-order valence-electron chi connectivity index (χ4n) is 0.593. The normalized spacial score (nSPS) is 18.0. The number of hydrogen-bond donors (Lipinski definition) is 1. The van der Waals surface area contributed by atoms with E-state index in [9.17, 15) is 26.3 Å². The second-order valence-electron chi connectivity index (χ2n) is 2.18. The highest BCUT2D eigenvalue weighted by atomic mass is 19.4. The van der Waals surface area contributed by atoms with E-state index in [-0.39, 0.29) is 0 Å². The van der Waals surface area contributed by atoms with Crippen LogP contribution in [-0.2, 0) is 0 Å². The van der Waals surface area contributed by atoms with Crippen molar-refractivity contribution in [2.45, 2.75) is 18.8 Å². The van der Waals surface area contributed by atoms with Crippen LogP contribution < -0.4 is 5.73 Å². The molecule has 0 aliphatic carbocycles. The lowest BCUT2D eigenvalue weighted by Crippen LogP contribution is -2.40. The Labute approximate surface area is 64.5 Å². The summed E-state index contributed by atoms with van der Waals surface area (Å²) in [7, 11) is 0. The van der Waals surface area contributed by atoms with E-state index in [1.807, 2.05) is 0 Å². The summed E-state index contributed by atoms with van der Waals surface area (Å²) in [6, 6.07) is 0. The van der Waals surface area contributed by atoms with Gasteiger partial charge in [0.05, 0.1) is 5.92 Å². The molecular weight excluding hydrogens is 188 g/mol. The Morgan fingerprint density at radius 2 is 1.50 bits per heavy atom. The molecule has 2 atom stereocenters. The van der Waals surface area contributed by atoms with Crippen LogP contribution in [0.3, 0.4) is 0 Å². The van der Waals surface area contributed by atoms with Crippen LogP contribution in [-0.4, -0.2) is 25.3 Å². The molecule has 74 valence electrons. The van der Waals surface area contributed by atoms with Crippen LogP contribution in [0.4, 0.5) is 26.3 Å². The van der Waals surface area contributed by atoms with Gasteiger partial charge in [0.1, 0.15) is 0 Å². The summed E-state index contributed by atoms with van der Waals surface area (Å²) in [6.07, 6.45) is -12.2. The summed E-state index contributed by atoms with van der Waals surface area (Å²) in [6.45, 7) is -1.03. The van der Waals surface area contributed by atoms with E-state index in [0.717, 1.165) is 0 Å². The minimum Gasteiger partial charge on any atom is -0.330 e. The third-order valence-electron chi connectivity index (χ3n) is 1.28. The Balaban J connectivity index is 4.32. The van der Waals surface area contributed by atoms with Crippen molar-refractivity contribution in [1.29, 1.82) is 0 Å². The summed E-state index contributed by atoms with van der Waals surface area (Å²) in [5, 5.41) is 0. The SMILES string of the molecule is NCC(C(F)F)C(F)C(F)(F)F. The van der Waals surface area contributed by atoms with Crippen molar-refractivity contribution in [2.24, 2.45) is 11.7 Å². The Bertz CT molecular complexity index is 132. The fraction of sp³-hybridized carbons (Fsp3) is 1.00. The topological polar surface area (TPSA) is 26.0 Å². The van der Waals surface area contributed by atoms with Crippen molar-refractivity contribution in [2.75, 3.05) is 6.54 Å². The third-order valence-corrected chi connectivity index (χ3v) is 1.28. The summed E-state index contributed by atoms with van der Waals surface area (Å²) in [5.41, 5.74) is 4.55. The van der Waals surface area contributed by atoms with E-state index in [1.54, 1.807) is 0 Å². The second-order valence-corrected chi connectivity index (χ2v) is 2.18. The molecule has 0 bridgehead atoms. The highest BCUT2D eigenvalue weighted by molar-refractivity contribution is 4.78. The zero-order valence-corrected chi connectivity index (χ0v) is 5.78. The van der Waals surface area contributed by atoms with Gasteiger partial charge in [0, 0.05) is 6.54 Å². The molecule has 0 aliphatic heterocycles. The molecule has 0 spiro atoms. The molecule has 2 N–H and O–H groups in total. The molecule has 0 aliphatic rings. The van der Waals surface area contributed by atoms with Crippen molar-refractivity contribution >= 4 is 0 Å². The van der Waals surface area contributed by atoms with Gasteiger partial charge in [-0.15, -0.1) is 0 Å². The molecule has 0 saturated carbocycles. The van der Waals surface area contributed by atoms with Gasteiger partial charge in [-0.25, -0.2) is 13.2 Å². The predicted molar refractivity (Wildman–Crippen MR) is 29.5 cm³/mol. The van der Waals surface area contributed by atoms with Crippen molar-refractivity contribution < 1.29 is 26.3 Å². The molecule has 0 aromatic rings. The van der Waals surface area contributed by atoms with Crippen LogP contribution in [0.25, 0.3) is 0 Å². The van der Waals surface area contributed by atoms with E-state index < -0.39 is 31.2 Å². The molecule has 2 unspecified atom stereocenters. The number of nitrogens with two attached hydrogens (primary N) is 1. The Morgan fingerprint density at radius 1 is 1.08 bits per heavy atom. The highest BCUT2D eigenvalue weighted by Crippen LogP contribution is 2.31. The largest absolute Gasteiger partial charge is 0.420 e. The summed E-state index contributed by atoms with van der Waals surface area (Å²) in [4.78, 5) is 0. The minimum atomic E-state index is -5.26. The van der Waals surface area contributed by atoms with Crippen molar-refractivity contribution in [3.8, 4) is 0 Å². The number of alkyl halides is 6. The first-order valence-electron chi connectivity index (χ1n) is 2.99. The van der Waals surface area contributed by atoms with Crippen LogP contribution in [0.1, 0.15) is 0 Å². The van der Waals surface area contributed by atoms with Crippen molar-refractivity contribution in [3.05, 3.63) is 0 Å². The molecule has 0 aromatic carbocycles. The number of hydrogen-bond acceptors (Lipinski definition) is 1. The van der Waals surface area contributed by atoms with Gasteiger partial charge in [-0.3, -0.25) is 0 Å². The maximum atomic E-state index is 12.1. The second kappa shape index (κ2) is 3.97. The summed E-state index contributed by atoms with van der Waals surface area (Å²) < 4.78 is 69.9. The maximum absolute atomic E-state index is 12.1. The van der Waals surface area contributed by atoms with Crippen LogP contribution in [0.5, 0.6) is 0 Å². The molecule has 0 rings (SSSR count). The van der Waals surface area contributed by atoms with Crippen molar-refractivity contribution in [1.82, 2.24) is 0 Å². The highest BCUT2D eigenvalue weighted by Gasteiger charge is 2.48. The average Bonchev–Trinajstić information content (AvgIpc) is 1.86. The van der Waals surface area contributed by atoms with Crippen LogP contribution >= 0.6 is 0 Å². The number of rotatable bonds is 3. The molecule has 0 amide bonds. The molecule has 0 fully saturated rings. The van der Waals surface area contributed by atoms with Gasteiger partial charge in [0.15, 0.2) is 0 Å². The molecule has 12 heavy (non-hydrogen) atoms. The molecule has 0 heterocycles. The fourth-order valence-corrected chi connectivity index (χ4v) is 0.593. The molecule has 7 heteroatoms. The Hall–Kier alpha value is -0.460. The zero-order valence-electron chi connectivity index (χ0n) is 5.78. The van der Waals surface area contributed by atoms with Crippen LogP contribution in [0, 0.1) is 5.92 Å². The summed E-state index contributed by atoms with van der Waals surface area (Å²) >= 11 is 0. The maximum Gasteiger partial charge on any atom is 0.420 e. The monoisotopic (exact) mass is 195 g/mol. The molecule has 1 nitrogen and oxygen atoms in total. The molecule has 0 aromatic heterocycles. The first kappa shape index (κ1) is 11.5. The third kappa shape index (κ3) is 2.88. The molecule has 0 saturated heterocycles. The van der Waals surface area contributed by atoms with E-state index in [2.05, 4.69) is 5.73 Å². The van der Waals surface area contributed by atoms with Gasteiger partial charge in [-0.2, -0.15) is 13.2 Å². The zero-order chi connectivity index (χ0) is 9.94. The lowest BCUT2D eigenvalue weighted by molar-refractivity contribution is -0.205. The smallest absolute Gasteiger partial charge is 0.330 e. The lowest BCUT2D eigenvalue weighted by atomic mass is 10.0. The van der Waals surface area contributed by atoms with E-state index >= 15 is 0 Å². The molecule has 0 radical (unpaired) electrons. The van der Waals surface area contributed by atoms with Gasteiger partial charge in [-0.1, -0.05) is 0 Å². The van der Waals surface area contributed by atoms with Crippen molar-refractivity contribution in [3.63, 3.8) is 0 Å². The Kier molecular flexibility index (Phi) is 3.82. The van der Waals surface area contributed by atoms with Gasteiger partial charge >= 0.3 is 6.18 Å².